The molecule has 3 rings (SSSR count). The number of rotatable bonds is 3. The molecule has 2 aromatic carbocycles. The number of ether oxygens (including phenoxy) is 1. The minimum atomic E-state index is -0.835. The standard InChI is InChI=1S/C17H14Cl4O/c1-9-7-11(8-13(18)16(9)19)15-14(17(15,20)21)10-3-5-12(22-2)6-4-10/h3-8,14-15H,1-2H3/t14-,15-/m1/s1. The smallest absolute Gasteiger partial charge is 0.133 e. The van der Waals surface area contributed by atoms with Crippen LogP contribution in [0.1, 0.15) is 28.5 Å². The molecule has 1 saturated carbocycles. The summed E-state index contributed by atoms with van der Waals surface area (Å²) in [7, 11) is 1.64. The van der Waals surface area contributed by atoms with Crippen LogP contribution >= 0.6 is 46.4 Å². The second-order valence-electron chi connectivity index (χ2n) is 5.54. The summed E-state index contributed by atoms with van der Waals surface area (Å²) in [6, 6.07) is 11.7. The average Bonchev–Trinajstić information content (AvgIpc) is 3.07. The fraction of sp³-hybridized carbons (Fsp3) is 0.294. The minimum Gasteiger partial charge on any atom is -0.497 e. The van der Waals surface area contributed by atoms with Crippen LogP contribution in [0.5, 0.6) is 5.75 Å². The van der Waals surface area contributed by atoms with E-state index in [0.29, 0.717) is 10.0 Å². The van der Waals surface area contributed by atoms with Gasteiger partial charge in [0.05, 0.1) is 17.2 Å². The van der Waals surface area contributed by atoms with Gasteiger partial charge < -0.3 is 4.74 Å². The van der Waals surface area contributed by atoms with E-state index in [-0.39, 0.29) is 11.8 Å². The van der Waals surface area contributed by atoms with Crippen LogP contribution in [0.15, 0.2) is 36.4 Å². The second-order valence-corrected chi connectivity index (χ2v) is 7.77. The van der Waals surface area contributed by atoms with Crippen molar-refractivity contribution in [2.24, 2.45) is 0 Å². The molecule has 2 atom stereocenters. The second kappa shape index (κ2) is 5.79. The molecule has 0 aromatic heterocycles. The summed E-state index contributed by atoms with van der Waals surface area (Å²) in [6.07, 6.45) is 0. The highest BCUT2D eigenvalue weighted by molar-refractivity contribution is 6.52. The lowest BCUT2D eigenvalue weighted by Gasteiger charge is -2.06. The van der Waals surface area contributed by atoms with Crippen molar-refractivity contribution in [1.82, 2.24) is 0 Å². The molecule has 0 amide bonds. The van der Waals surface area contributed by atoms with Crippen LogP contribution in [0, 0.1) is 6.92 Å². The molecule has 0 spiro atoms. The van der Waals surface area contributed by atoms with Crippen molar-refractivity contribution in [3.63, 3.8) is 0 Å². The molecule has 0 aliphatic heterocycles. The van der Waals surface area contributed by atoms with Crippen molar-refractivity contribution in [3.05, 3.63) is 63.1 Å². The van der Waals surface area contributed by atoms with Gasteiger partial charge in [-0.3, -0.25) is 0 Å². The first-order valence-corrected chi connectivity index (χ1v) is 8.34. The Morgan fingerprint density at radius 2 is 1.55 bits per heavy atom. The molecule has 22 heavy (non-hydrogen) atoms. The van der Waals surface area contributed by atoms with Crippen LogP contribution in [-0.4, -0.2) is 11.4 Å². The molecule has 0 N–H and O–H groups in total. The third-order valence-corrected chi connectivity index (χ3v) is 5.96. The highest BCUT2D eigenvalue weighted by Crippen LogP contribution is 2.70. The highest BCUT2D eigenvalue weighted by Gasteiger charge is 2.64. The van der Waals surface area contributed by atoms with E-state index in [0.717, 1.165) is 22.4 Å². The summed E-state index contributed by atoms with van der Waals surface area (Å²) < 4.78 is 4.34. The first kappa shape index (κ1) is 16.3. The number of hydrogen-bond acceptors (Lipinski definition) is 1. The quantitative estimate of drug-likeness (QED) is 0.566. The normalized spacial score (nSPS) is 22.5. The largest absolute Gasteiger partial charge is 0.497 e. The molecule has 0 unspecified atom stereocenters. The van der Waals surface area contributed by atoms with Crippen molar-refractivity contribution in [3.8, 4) is 5.75 Å². The van der Waals surface area contributed by atoms with E-state index in [1.165, 1.54) is 0 Å². The molecule has 1 aliphatic rings. The number of alkyl halides is 2. The maximum Gasteiger partial charge on any atom is 0.133 e. The summed E-state index contributed by atoms with van der Waals surface area (Å²) in [5.41, 5.74) is 3.02. The van der Waals surface area contributed by atoms with Crippen LogP contribution in [0.2, 0.25) is 10.0 Å². The zero-order chi connectivity index (χ0) is 16.1. The number of methoxy groups -OCH3 is 1. The van der Waals surface area contributed by atoms with Crippen LogP contribution in [-0.2, 0) is 0 Å². The zero-order valence-corrected chi connectivity index (χ0v) is 15.1. The molecular formula is C17H14Cl4O. The Kier molecular flexibility index (Phi) is 4.28. The lowest BCUT2D eigenvalue weighted by atomic mass is 10.0. The molecule has 1 nitrogen and oxygen atoms in total. The minimum absolute atomic E-state index is 0.00213. The lowest BCUT2D eigenvalue weighted by Crippen LogP contribution is -1.92. The monoisotopic (exact) mass is 374 g/mol. The number of aryl methyl sites for hydroxylation is 1. The summed E-state index contributed by atoms with van der Waals surface area (Å²) in [5, 5.41) is 1.10. The lowest BCUT2D eigenvalue weighted by molar-refractivity contribution is 0.414. The third-order valence-electron chi connectivity index (χ3n) is 4.12. The molecule has 1 fully saturated rings. The van der Waals surface area contributed by atoms with E-state index in [4.69, 9.17) is 51.1 Å². The van der Waals surface area contributed by atoms with Gasteiger partial charge in [0.25, 0.3) is 0 Å². The fourth-order valence-corrected chi connectivity index (χ4v) is 4.17. The van der Waals surface area contributed by atoms with Crippen LogP contribution < -0.4 is 4.74 Å². The fourth-order valence-electron chi connectivity index (χ4n) is 2.90. The Balaban J connectivity index is 1.95. The van der Waals surface area contributed by atoms with Gasteiger partial charge >= 0.3 is 0 Å². The Hall–Kier alpha value is -0.600. The van der Waals surface area contributed by atoms with Gasteiger partial charge in [-0.05, 0) is 41.8 Å². The Labute approximate surface area is 150 Å². The molecule has 2 aromatic rings. The highest BCUT2D eigenvalue weighted by atomic mass is 35.5. The van der Waals surface area contributed by atoms with Crippen molar-refractivity contribution < 1.29 is 4.74 Å². The molecule has 0 radical (unpaired) electrons. The molecular weight excluding hydrogens is 362 g/mol. The SMILES string of the molecule is COc1ccc([C@@H]2[C@@H](c3cc(C)c(Cl)c(Cl)c3)C2(Cl)Cl)cc1. The van der Waals surface area contributed by atoms with Crippen molar-refractivity contribution in [2.45, 2.75) is 23.1 Å². The molecule has 0 bridgehead atoms. The molecule has 116 valence electrons. The van der Waals surface area contributed by atoms with Gasteiger partial charge in [0.1, 0.15) is 10.1 Å². The zero-order valence-electron chi connectivity index (χ0n) is 12.0. The molecule has 0 heterocycles. The molecule has 5 heteroatoms. The number of halogens is 4. The van der Waals surface area contributed by atoms with Gasteiger partial charge in [-0.25, -0.2) is 0 Å². The van der Waals surface area contributed by atoms with Crippen molar-refractivity contribution in [2.75, 3.05) is 7.11 Å². The molecule has 1 aliphatic carbocycles. The number of benzene rings is 2. The Bertz CT molecular complexity index is 686. The topological polar surface area (TPSA) is 9.23 Å². The van der Waals surface area contributed by atoms with E-state index >= 15 is 0 Å². The summed E-state index contributed by atoms with van der Waals surface area (Å²) in [4.78, 5) is 0. The summed E-state index contributed by atoms with van der Waals surface area (Å²) in [5.74, 6) is 0.831. The van der Waals surface area contributed by atoms with Gasteiger partial charge in [0.2, 0.25) is 0 Å². The van der Waals surface area contributed by atoms with Gasteiger partial charge in [-0.1, -0.05) is 41.4 Å². The Morgan fingerprint density at radius 1 is 0.955 bits per heavy atom. The van der Waals surface area contributed by atoms with Crippen LogP contribution in [0.25, 0.3) is 0 Å². The average molecular weight is 376 g/mol. The maximum atomic E-state index is 6.52. The predicted octanol–water partition coefficient (Wildman–Crippen LogP) is 6.37. The van der Waals surface area contributed by atoms with Crippen molar-refractivity contribution in [1.29, 1.82) is 0 Å². The molecule has 0 saturated heterocycles. The third kappa shape index (κ3) is 2.69. The van der Waals surface area contributed by atoms with E-state index in [9.17, 15) is 0 Å². The van der Waals surface area contributed by atoms with E-state index in [1.54, 1.807) is 7.11 Å². The van der Waals surface area contributed by atoms with Gasteiger partial charge in [0, 0.05) is 11.8 Å². The summed E-state index contributed by atoms with van der Waals surface area (Å²) >= 11 is 25.3. The summed E-state index contributed by atoms with van der Waals surface area (Å²) in [6.45, 7) is 1.92. The van der Waals surface area contributed by atoms with E-state index < -0.39 is 4.33 Å². The van der Waals surface area contributed by atoms with E-state index in [2.05, 4.69) is 0 Å². The van der Waals surface area contributed by atoms with Gasteiger partial charge in [-0.15, -0.1) is 23.2 Å². The van der Waals surface area contributed by atoms with Crippen LogP contribution in [0.4, 0.5) is 0 Å². The van der Waals surface area contributed by atoms with Gasteiger partial charge in [0.15, 0.2) is 0 Å². The Morgan fingerprint density at radius 3 is 2.09 bits per heavy atom. The first-order valence-electron chi connectivity index (χ1n) is 6.83. The predicted molar refractivity (Wildman–Crippen MR) is 94.1 cm³/mol. The van der Waals surface area contributed by atoms with E-state index in [1.807, 2.05) is 43.3 Å². The van der Waals surface area contributed by atoms with Crippen molar-refractivity contribution >= 4 is 46.4 Å². The first-order chi connectivity index (χ1) is 10.4. The number of hydrogen-bond donors (Lipinski definition) is 0. The maximum absolute atomic E-state index is 6.52. The van der Waals surface area contributed by atoms with Crippen LogP contribution in [0.3, 0.4) is 0 Å². The van der Waals surface area contributed by atoms with Gasteiger partial charge in [-0.2, -0.15) is 0 Å².